The van der Waals surface area contributed by atoms with Gasteiger partial charge in [0.1, 0.15) is 18.3 Å². The molecule has 0 saturated carbocycles. The van der Waals surface area contributed by atoms with E-state index in [4.69, 9.17) is 9.47 Å². The summed E-state index contributed by atoms with van der Waals surface area (Å²) in [6.45, 7) is 4.35. The molecule has 1 saturated heterocycles. The van der Waals surface area contributed by atoms with Gasteiger partial charge in [-0.2, -0.15) is 0 Å². The van der Waals surface area contributed by atoms with E-state index in [1.165, 1.54) is 9.80 Å². The molecule has 0 spiro atoms. The molecule has 5 rings (SSSR count). The number of hydrogen-bond donors (Lipinski definition) is 1. The van der Waals surface area contributed by atoms with Gasteiger partial charge in [-0.1, -0.05) is 24.3 Å². The van der Waals surface area contributed by atoms with Gasteiger partial charge in [0.25, 0.3) is 11.7 Å². The number of ketones is 1. The number of nitrogens with one attached hydrogen (secondary N) is 1. The average Bonchev–Trinajstić information content (AvgIpc) is 3.25. The summed E-state index contributed by atoms with van der Waals surface area (Å²) >= 11 is 0. The van der Waals surface area contributed by atoms with Crippen molar-refractivity contribution >= 4 is 40.6 Å². The molecule has 0 radical (unpaired) electrons. The highest BCUT2D eigenvalue weighted by Gasteiger charge is 2.38. The Morgan fingerprint density at radius 3 is 2.34 bits per heavy atom. The number of nitrogens with zero attached hydrogens (tertiary/aromatic N) is 3. The van der Waals surface area contributed by atoms with Gasteiger partial charge in [-0.05, 0) is 61.0 Å². The Morgan fingerprint density at radius 1 is 0.976 bits per heavy atom. The van der Waals surface area contributed by atoms with Crippen molar-refractivity contribution in [1.82, 2.24) is 4.90 Å². The zero-order valence-electron chi connectivity index (χ0n) is 23.0. The summed E-state index contributed by atoms with van der Waals surface area (Å²) < 4.78 is 10.6. The summed E-state index contributed by atoms with van der Waals surface area (Å²) in [4.78, 5) is 57.1. The highest BCUT2D eigenvalue weighted by atomic mass is 16.5. The molecule has 3 aromatic rings. The minimum absolute atomic E-state index is 0.116. The molecule has 3 amide bonds. The van der Waals surface area contributed by atoms with E-state index in [1.807, 2.05) is 36.4 Å². The first-order valence-electron chi connectivity index (χ1n) is 13.5. The fourth-order valence-electron chi connectivity index (χ4n) is 4.97. The first-order chi connectivity index (χ1) is 19.9. The van der Waals surface area contributed by atoms with E-state index < -0.39 is 23.6 Å². The molecule has 1 fully saturated rings. The number of anilines is 3. The predicted octanol–water partition coefficient (Wildman–Crippen LogP) is 3.12. The molecule has 10 nitrogen and oxygen atoms in total. The van der Waals surface area contributed by atoms with E-state index in [1.54, 1.807) is 50.4 Å². The third-order valence-electron chi connectivity index (χ3n) is 7.36. The number of para-hydroxylation sites is 1. The van der Waals surface area contributed by atoms with Gasteiger partial charge in [-0.25, -0.2) is 0 Å². The average molecular weight is 557 g/mol. The Bertz CT molecular complexity index is 1430. The molecule has 1 N–H and O–H groups in total. The van der Waals surface area contributed by atoms with E-state index in [-0.39, 0.29) is 24.6 Å². The predicted molar refractivity (Wildman–Crippen MR) is 154 cm³/mol. The lowest BCUT2D eigenvalue weighted by Crippen LogP contribution is -2.49. The first kappa shape index (κ1) is 27.9. The van der Waals surface area contributed by atoms with Gasteiger partial charge in [-0.3, -0.25) is 24.1 Å². The molecular formula is C31H32N4O6. The van der Waals surface area contributed by atoms with Gasteiger partial charge in [0, 0.05) is 31.0 Å². The molecule has 1 unspecified atom stereocenters. The summed E-state index contributed by atoms with van der Waals surface area (Å²) in [6.07, 6.45) is 0. The largest absolute Gasteiger partial charge is 0.497 e. The summed E-state index contributed by atoms with van der Waals surface area (Å²) in [5.41, 5.74) is 3.07. The summed E-state index contributed by atoms with van der Waals surface area (Å²) in [6, 6.07) is 20.4. The van der Waals surface area contributed by atoms with Gasteiger partial charge in [0.2, 0.25) is 11.8 Å². The fourth-order valence-corrected chi connectivity index (χ4v) is 4.97. The molecule has 2 heterocycles. The number of Topliss-reactive ketones (excluding diaryl/α,β-unsaturated/α-hetero) is 1. The lowest BCUT2D eigenvalue weighted by molar-refractivity contribution is -0.138. The third-order valence-corrected chi connectivity index (χ3v) is 7.36. The maximum absolute atomic E-state index is 13.7. The Balaban J connectivity index is 1.33. The minimum Gasteiger partial charge on any atom is -0.497 e. The smallest absolute Gasteiger partial charge is 0.299 e. The third kappa shape index (κ3) is 6.07. The van der Waals surface area contributed by atoms with Gasteiger partial charge in [-0.15, -0.1) is 0 Å². The molecule has 1 atom stereocenters. The Hall–Kier alpha value is -4.70. The van der Waals surface area contributed by atoms with Crippen molar-refractivity contribution in [1.29, 1.82) is 0 Å². The standard InChI is InChI=1S/C31H32N4O6/c1-21(30(38)32-23-9-11-24(12-10-23)33-15-17-41-18-16-33)34(19-22-7-13-25(40-2)14-8-22)28(36)20-35-27-6-4-3-5-26(27)29(37)31(35)39/h3-14,21H,15-20H2,1-2H3,(H,32,38). The molecule has 2 aliphatic rings. The van der Waals surface area contributed by atoms with Gasteiger partial charge < -0.3 is 24.6 Å². The first-order valence-corrected chi connectivity index (χ1v) is 13.5. The van der Waals surface area contributed by atoms with Crippen LogP contribution in [0, 0.1) is 0 Å². The lowest BCUT2D eigenvalue weighted by atomic mass is 10.1. The highest BCUT2D eigenvalue weighted by molar-refractivity contribution is 6.52. The van der Waals surface area contributed by atoms with Crippen LogP contribution in [0.1, 0.15) is 22.8 Å². The molecular weight excluding hydrogens is 524 g/mol. The number of amides is 3. The summed E-state index contributed by atoms with van der Waals surface area (Å²) in [5, 5.41) is 2.91. The number of rotatable bonds is 9. The number of methoxy groups -OCH3 is 1. The van der Waals surface area contributed by atoms with Crippen molar-refractivity contribution in [3.63, 3.8) is 0 Å². The van der Waals surface area contributed by atoms with Crippen LogP contribution in [0.25, 0.3) is 0 Å². The van der Waals surface area contributed by atoms with Gasteiger partial charge in [0.05, 0.1) is 31.6 Å². The Morgan fingerprint density at radius 2 is 1.66 bits per heavy atom. The SMILES string of the molecule is COc1ccc(CN(C(=O)CN2C(=O)C(=O)c3ccccc32)C(C)C(=O)Nc2ccc(N3CCOCC3)cc2)cc1. The van der Waals surface area contributed by atoms with Crippen LogP contribution in [0.4, 0.5) is 17.1 Å². The molecule has 0 aromatic heterocycles. The number of carbonyl (C=O) groups is 4. The quantitative estimate of drug-likeness (QED) is 0.404. The molecule has 10 heteroatoms. The van der Waals surface area contributed by atoms with E-state index in [2.05, 4.69) is 10.2 Å². The summed E-state index contributed by atoms with van der Waals surface area (Å²) in [5.74, 6) is -1.60. The van der Waals surface area contributed by atoms with Crippen LogP contribution in [-0.2, 0) is 25.7 Å². The van der Waals surface area contributed by atoms with E-state index >= 15 is 0 Å². The second-order valence-corrected chi connectivity index (χ2v) is 9.92. The van der Waals surface area contributed by atoms with Crippen LogP contribution in [0.3, 0.4) is 0 Å². The fraction of sp³-hybridized carbons (Fsp3) is 0.290. The molecule has 212 valence electrons. The number of carbonyl (C=O) groups excluding carboxylic acids is 4. The topological polar surface area (TPSA) is 108 Å². The Kier molecular flexibility index (Phi) is 8.30. The van der Waals surface area contributed by atoms with Crippen molar-refractivity contribution in [2.75, 3.05) is 55.1 Å². The van der Waals surface area contributed by atoms with Crippen molar-refractivity contribution in [3.8, 4) is 5.75 Å². The van der Waals surface area contributed by atoms with Crippen molar-refractivity contribution in [2.24, 2.45) is 0 Å². The highest BCUT2D eigenvalue weighted by Crippen LogP contribution is 2.29. The number of fused-ring (bicyclic) bond motifs is 1. The monoisotopic (exact) mass is 556 g/mol. The minimum atomic E-state index is -0.882. The van der Waals surface area contributed by atoms with Crippen LogP contribution >= 0.6 is 0 Å². The number of benzene rings is 3. The number of morpholine rings is 1. The molecule has 41 heavy (non-hydrogen) atoms. The van der Waals surface area contributed by atoms with Crippen LogP contribution in [0.5, 0.6) is 5.75 Å². The van der Waals surface area contributed by atoms with Gasteiger partial charge >= 0.3 is 0 Å². The normalized spacial score (nSPS) is 15.4. The molecule has 3 aromatic carbocycles. The van der Waals surface area contributed by atoms with Crippen LogP contribution in [0.15, 0.2) is 72.8 Å². The lowest BCUT2D eigenvalue weighted by Gasteiger charge is -2.31. The molecule has 0 bridgehead atoms. The van der Waals surface area contributed by atoms with Crippen molar-refractivity contribution < 1.29 is 28.7 Å². The zero-order valence-corrected chi connectivity index (χ0v) is 23.0. The second-order valence-electron chi connectivity index (χ2n) is 9.92. The maximum Gasteiger partial charge on any atom is 0.299 e. The molecule has 0 aliphatic carbocycles. The molecule has 2 aliphatic heterocycles. The van der Waals surface area contributed by atoms with Crippen LogP contribution in [-0.4, -0.2) is 74.4 Å². The van der Waals surface area contributed by atoms with E-state index in [0.717, 1.165) is 24.3 Å². The van der Waals surface area contributed by atoms with Crippen molar-refractivity contribution in [3.05, 3.63) is 83.9 Å². The van der Waals surface area contributed by atoms with Crippen molar-refractivity contribution in [2.45, 2.75) is 19.5 Å². The number of hydrogen-bond acceptors (Lipinski definition) is 7. The van der Waals surface area contributed by atoms with Crippen LogP contribution in [0.2, 0.25) is 0 Å². The maximum atomic E-state index is 13.7. The Labute approximate surface area is 238 Å². The number of ether oxygens (including phenoxy) is 2. The van der Waals surface area contributed by atoms with Gasteiger partial charge in [0.15, 0.2) is 0 Å². The second kappa shape index (κ2) is 12.2. The van der Waals surface area contributed by atoms with E-state index in [9.17, 15) is 19.2 Å². The zero-order chi connectivity index (χ0) is 28.9. The summed E-state index contributed by atoms with van der Waals surface area (Å²) in [7, 11) is 1.57. The van der Waals surface area contributed by atoms with E-state index in [0.29, 0.717) is 30.3 Å². The van der Waals surface area contributed by atoms with Crippen LogP contribution < -0.4 is 19.9 Å².